The third kappa shape index (κ3) is 3.94. The zero-order chi connectivity index (χ0) is 22.2. The van der Waals surface area contributed by atoms with Gasteiger partial charge in [0.2, 0.25) is 17.1 Å². The van der Waals surface area contributed by atoms with Crippen molar-refractivity contribution in [1.82, 2.24) is 24.0 Å². The fraction of sp³-hybridized carbons (Fsp3) is 0.235. The van der Waals surface area contributed by atoms with E-state index in [1.54, 1.807) is 0 Å². The van der Waals surface area contributed by atoms with Crippen LogP contribution in [0.5, 0.6) is 0 Å². The highest BCUT2D eigenvalue weighted by Crippen LogP contribution is 2.15. The van der Waals surface area contributed by atoms with Gasteiger partial charge in [0.15, 0.2) is 22.8 Å². The predicted octanol–water partition coefficient (Wildman–Crippen LogP) is 0.120. The normalized spacial score (nSPS) is 11.0. The molecule has 0 unspecified atom stereocenters. The van der Waals surface area contributed by atoms with Crippen LogP contribution in [0.1, 0.15) is 0 Å². The molecular weight excluding hydrogens is 426 g/mol. The first kappa shape index (κ1) is 21.2. The average Bonchev–Trinajstić information content (AvgIpc) is 3.02. The molecule has 1 aromatic carbocycles. The Morgan fingerprint density at radius 2 is 1.80 bits per heavy atom. The average molecular weight is 441 g/mol. The van der Waals surface area contributed by atoms with Crippen molar-refractivity contribution >= 4 is 40.3 Å². The number of carbonyl (C=O) groups is 2. The first-order valence-electron chi connectivity index (χ1n) is 8.43. The zero-order valence-electron chi connectivity index (χ0n) is 15.7. The quantitative estimate of drug-likeness (QED) is 0.546. The van der Waals surface area contributed by atoms with Crippen molar-refractivity contribution in [2.24, 2.45) is 14.1 Å². The van der Waals surface area contributed by atoms with Crippen LogP contribution in [0.25, 0.3) is 11.2 Å². The molecule has 0 radical (unpaired) electrons. The standard InChI is InChI=1S/C17H15ClF2N6O4/c1-24-14-13(15(29)25(2)17(24)30)26(16(18)23-14)7-12(28)21-6-11(27)22-8-3-4-9(19)10(20)5-8/h3-5H,6-7H2,1-2H3,(H,21,28)(H,22,27). The van der Waals surface area contributed by atoms with E-state index in [9.17, 15) is 28.0 Å². The summed E-state index contributed by atoms with van der Waals surface area (Å²) >= 11 is 6.02. The number of aryl methyl sites for hydroxylation is 1. The van der Waals surface area contributed by atoms with Crippen molar-refractivity contribution in [3.05, 3.63) is 56.0 Å². The molecule has 0 aliphatic rings. The second-order valence-electron chi connectivity index (χ2n) is 6.30. The van der Waals surface area contributed by atoms with E-state index >= 15 is 0 Å². The van der Waals surface area contributed by atoms with Gasteiger partial charge in [0.25, 0.3) is 5.56 Å². The van der Waals surface area contributed by atoms with Gasteiger partial charge in [0, 0.05) is 25.8 Å². The van der Waals surface area contributed by atoms with E-state index in [0.29, 0.717) is 0 Å². The van der Waals surface area contributed by atoms with E-state index in [1.807, 2.05) is 0 Å². The van der Waals surface area contributed by atoms with E-state index in [2.05, 4.69) is 15.6 Å². The smallest absolute Gasteiger partial charge is 0.332 e. The van der Waals surface area contributed by atoms with E-state index in [1.165, 1.54) is 14.1 Å². The molecule has 2 aromatic heterocycles. The molecule has 0 aliphatic carbocycles. The van der Waals surface area contributed by atoms with Crippen LogP contribution in [0.2, 0.25) is 5.28 Å². The number of anilines is 1. The third-order valence-corrected chi connectivity index (χ3v) is 4.54. The number of fused-ring (bicyclic) bond motifs is 1. The van der Waals surface area contributed by atoms with E-state index in [0.717, 1.165) is 31.9 Å². The summed E-state index contributed by atoms with van der Waals surface area (Å²) < 4.78 is 29.2. The Kier molecular flexibility index (Phi) is 5.69. The maximum absolute atomic E-state index is 13.2. The van der Waals surface area contributed by atoms with Crippen LogP contribution in [0.3, 0.4) is 0 Å². The van der Waals surface area contributed by atoms with Crippen LogP contribution in [0, 0.1) is 11.6 Å². The lowest BCUT2D eigenvalue weighted by molar-refractivity contribution is -0.124. The zero-order valence-corrected chi connectivity index (χ0v) is 16.5. The number of aromatic nitrogens is 4. The molecule has 3 rings (SSSR count). The molecule has 0 fully saturated rings. The highest BCUT2D eigenvalue weighted by Gasteiger charge is 2.20. The molecule has 13 heteroatoms. The lowest BCUT2D eigenvalue weighted by atomic mass is 10.3. The minimum atomic E-state index is -1.13. The number of rotatable bonds is 5. The number of hydrogen-bond acceptors (Lipinski definition) is 5. The third-order valence-electron chi connectivity index (χ3n) is 4.25. The predicted molar refractivity (Wildman–Crippen MR) is 103 cm³/mol. The van der Waals surface area contributed by atoms with Gasteiger partial charge in [-0.3, -0.25) is 28.1 Å². The van der Waals surface area contributed by atoms with Crippen molar-refractivity contribution in [1.29, 1.82) is 0 Å². The highest BCUT2D eigenvalue weighted by atomic mass is 35.5. The van der Waals surface area contributed by atoms with Gasteiger partial charge in [0.1, 0.15) is 6.54 Å². The van der Waals surface area contributed by atoms with Crippen molar-refractivity contribution in [3.8, 4) is 0 Å². The van der Waals surface area contributed by atoms with Crippen LogP contribution in [-0.2, 0) is 30.2 Å². The molecular formula is C17H15ClF2N6O4. The number of carbonyl (C=O) groups excluding carboxylic acids is 2. The Morgan fingerprint density at radius 3 is 2.47 bits per heavy atom. The summed E-state index contributed by atoms with van der Waals surface area (Å²) in [4.78, 5) is 52.5. The number of hydrogen-bond donors (Lipinski definition) is 2. The molecule has 3 aromatic rings. The molecule has 0 spiro atoms. The lowest BCUT2D eigenvalue weighted by Crippen LogP contribution is -2.38. The number of nitrogens with zero attached hydrogens (tertiary/aromatic N) is 4. The molecule has 0 aliphatic heterocycles. The summed E-state index contributed by atoms with van der Waals surface area (Å²) in [6.07, 6.45) is 0. The van der Waals surface area contributed by atoms with Gasteiger partial charge in [-0.25, -0.2) is 13.6 Å². The second kappa shape index (κ2) is 8.06. The molecule has 0 atom stereocenters. The van der Waals surface area contributed by atoms with E-state index < -0.39 is 47.8 Å². The Hall–Kier alpha value is -3.54. The monoisotopic (exact) mass is 440 g/mol. The lowest BCUT2D eigenvalue weighted by Gasteiger charge is -2.09. The molecule has 10 nitrogen and oxygen atoms in total. The number of imidazole rings is 1. The van der Waals surface area contributed by atoms with Gasteiger partial charge in [0.05, 0.1) is 6.54 Å². The Bertz CT molecular complexity index is 1300. The van der Waals surface area contributed by atoms with Gasteiger partial charge in [-0.05, 0) is 23.7 Å². The molecule has 158 valence electrons. The van der Waals surface area contributed by atoms with Gasteiger partial charge in [-0.15, -0.1) is 0 Å². The summed E-state index contributed by atoms with van der Waals surface area (Å²) in [5.74, 6) is -3.55. The number of nitrogens with one attached hydrogen (secondary N) is 2. The van der Waals surface area contributed by atoms with Crippen molar-refractivity contribution < 1.29 is 18.4 Å². The first-order valence-corrected chi connectivity index (χ1v) is 8.81. The Labute approximate surface area is 171 Å². The number of amides is 2. The van der Waals surface area contributed by atoms with Crippen molar-refractivity contribution in [2.75, 3.05) is 11.9 Å². The fourth-order valence-electron chi connectivity index (χ4n) is 2.72. The molecule has 30 heavy (non-hydrogen) atoms. The van der Waals surface area contributed by atoms with Gasteiger partial charge in [-0.2, -0.15) is 4.98 Å². The van der Waals surface area contributed by atoms with Crippen LogP contribution in [-0.4, -0.2) is 37.0 Å². The minimum Gasteiger partial charge on any atom is -0.345 e. The molecule has 0 saturated heterocycles. The number of halogens is 3. The minimum absolute atomic E-state index is 0.0111. The summed E-state index contributed by atoms with van der Waals surface area (Å²) in [6.45, 7) is -0.917. The van der Waals surface area contributed by atoms with Crippen LogP contribution in [0.15, 0.2) is 27.8 Å². The summed E-state index contributed by atoms with van der Waals surface area (Å²) in [6, 6.07) is 2.81. The van der Waals surface area contributed by atoms with E-state index in [4.69, 9.17) is 11.6 Å². The van der Waals surface area contributed by atoms with E-state index in [-0.39, 0.29) is 22.1 Å². The topological polar surface area (TPSA) is 120 Å². The van der Waals surface area contributed by atoms with Crippen LogP contribution >= 0.6 is 11.6 Å². The molecule has 2 heterocycles. The van der Waals surface area contributed by atoms with Gasteiger partial charge >= 0.3 is 5.69 Å². The van der Waals surface area contributed by atoms with Gasteiger partial charge in [-0.1, -0.05) is 0 Å². The fourth-order valence-corrected chi connectivity index (χ4v) is 2.95. The molecule has 0 bridgehead atoms. The molecule has 0 saturated carbocycles. The summed E-state index contributed by atoms with van der Waals surface area (Å²) in [7, 11) is 2.68. The first-order chi connectivity index (χ1) is 14.1. The second-order valence-corrected chi connectivity index (χ2v) is 6.64. The van der Waals surface area contributed by atoms with Crippen LogP contribution in [0.4, 0.5) is 14.5 Å². The maximum atomic E-state index is 13.2. The largest absolute Gasteiger partial charge is 0.345 e. The van der Waals surface area contributed by atoms with Crippen molar-refractivity contribution in [2.45, 2.75) is 6.54 Å². The number of benzene rings is 1. The summed E-state index contributed by atoms with van der Waals surface area (Å²) in [5.41, 5.74) is -1.31. The molecule has 2 N–H and O–H groups in total. The highest BCUT2D eigenvalue weighted by molar-refractivity contribution is 6.29. The Morgan fingerprint density at radius 1 is 1.10 bits per heavy atom. The van der Waals surface area contributed by atoms with Crippen molar-refractivity contribution in [3.63, 3.8) is 0 Å². The Balaban J connectivity index is 1.72. The molecule has 2 amide bonds. The van der Waals surface area contributed by atoms with Crippen LogP contribution < -0.4 is 21.9 Å². The maximum Gasteiger partial charge on any atom is 0.332 e. The van der Waals surface area contributed by atoms with Gasteiger partial charge < -0.3 is 10.6 Å². The summed E-state index contributed by atoms with van der Waals surface area (Å²) in [5, 5.41) is 4.42. The SMILES string of the molecule is Cn1c(=O)c2c(nc(Cl)n2CC(=O)NCC(=O)Nc2ccc(F)c(F)c2)n(C)c1=O.